The number of rotatable bonds is 4. The van der Waals surface area contributed by atoms with Crippen LogP contribution in [0.2, 0.25) is 0 Å². The summed E-state index contributed by atoms with van der Waals surface area (Å²) < 4.78 is 13.7. The van der Waals surface area contributed by atoms with Crippen molar-refractivity contribution in [2.45, 2.75) is 13.0 Å². The summed E-state index contributed by atoms with van der Waals surface area (Å²) in [6.07, 6.45) is 3.54. The fraction of sp³-hybridized carbons (Fsp3) is 0.200. The molecule has 0 spiro atoms. The molecule has 6 heteroatoms. The van der Waals surface area contributed by atoms with Gasteiger partial charge >= 0.3 is 0 Å². The third-order valence-corrected chi connectivity index (χ3v) is 2.65. The molecule has 3 N–H and O–H groups in total. The van der Waals surface area contributed by atoms with Crippen LogP contribution >= 0.6 is 0 Å². The summed E-state index contributed by atoms with van der Waals surface area (Å²) in [6.45, 7) is 0.149. The summed E-state index contributed by atoms with van der Waals surface area (Å²) in [5.74, 6) is 4.93. The third kappa shape index (κ3) is 4.16. The number of nitrogens with one attached hydrogen (secondary N) is 2. The van der Waals surface area contributed by atoms with Crippen LogP contribution in [0.5, 0.6) is 0 Å². The molecule has 1 heterocycles. The fourth-order valence-electron chi connectivity index (χ4n) is 1.65. The lowest BCUT2D eigenvalue weighted by atomic mass is 10.1. The predicted octanol–water partition coefficient (Wildman–Crippen LogP) is 1.21. The number of H-pyrrole nitrogens is 1. The van der Waals surface area contributed by atoms with Gasteiger partial charge in [-0.3, -0.25) is 4.79 Å². The number of carbonyl (C=O) groups excluding carboxylic acids is 1. The Kier molecular flexibility index (Phi) is 5.07. The molecule has 21 heavy (non-hydrogen) atoms. The summed E-state index contributed by atoms with van der Waals surface area (Å²) in [4.78, 5) is 18.8. The second-order valence-electron chi connectivity index (χ2n) is 4.19. The summed E-state index contributed by atoms with van der Waals surface area (Å²) >= 11 is 0. The van der Waals surface area contributed by atoms with Crippen molar-refractivity contribution < 1.29 is 14.3 Å². The minimum Gasteiger partial charge on any atom is -0.395 e. The van der Waals surface area contributed by atoms with Gasteiger partial charge in [-0.2, -0.15) is 0 Å². The molecule has 0 atom stereocenters. The maximum Gasteiger partial charge on any atom is 0.254 e. The lowest BCUT2D eigenvalue weighted by molar-refractivity contribution is 0.0946. The number of aliphatic hydroxyl groups is 1. The highest BCUT2D eigenvalue weighted by molar-refractivity contribution is 5.94. The molecule has 0 aliphatic rings. The number of aromatic nitrogens is 2. The average molecular weight is 287 g/mol. The van der Waals surface area contributed by atoms with Gasteiger partial charge in [0.25, 0.3) is 5.91 Å². The molecule has 0 saturated heterocycles. The first-order valence-corrected chi connectivity index (χ1v) is 6.36. The van der Waals surface area contributed by atoms with Crippen LogP contribution < -0.4 is 5.32 Å². The molecule has 2 aromatic rings. The van der Waals surface area contributed by atoms with Gasteiger partial charge in [0.05, 0.1) is 18.7 Å². The Morgan fingerprint density at radius 2 is 2.33 bits per heavy atom. The van der Waals surface area contributed by atoms with Crippen molar-refractivity contribution in [3.63, 3.8) is 0 Å². The minimum absolute atomic E-state index is 0.0370. The molecule has 0 aliphatic carbocycles. The first kappa shape index (κ1) is 14.8. The van der Waals surface area contributed by atoms with Gasteiger partial charge in [0.15, 0.2) is 0 Å². The highest BCUT2D eigenvalue weighted by Crippen LogP contribution is 2.10. The summed E-state index contributed by atoms with van der Waals surface area (Å²) in [5.41, 5.74) is 0.449. The van der Waals surface area contributed by atoms with Crippen molar-refractivity contribution in [2.24, 2.45) is 0 Å². The molecule has 0 unspecified atom stereocenters. The maximum atomic E-state index is 13.7. The summed E-state index contributed by atoms with van der Waals surface area (Å²) in [7, 11) is 0. The number of hydrogen-bond acceptors (Lipinski definition) is 3. The maximum absolute atomic E-state index is 13.7. The van der Waals surface area contributed by atoms with Crippen LogP contribution in [0.3, 0.4) is 0 Å². The van der Waals surface area contributed by atoms with Gasteiger partial charge in [-0.05, 0) is 18.2 Å². The van der Waals surface area contributed by atoms with E-state index in [9.17, 15) is 9.18 Å². The Labute approximate surface area is 121 Å². The monoisotopic (exact) mass is 287 g/mol. The van der Waals surface area contributed by atoms with E-state index in [0.29, 0.717) is 17.8 Å². The minimum atomic E-state index is -0.611. The Morgan fingerprint density at radius 3 is 3.05 bits per heavy atom. The molecule has 0 bridgehead atoms. The Balaban J connectivity index is 2.09. The van der Waals surface area contributed by atoms with Crippen molar-refractivity contribution in [2.75, 3.05) is 6.61 Å². The number of halogens is 1. The van der Waals surface area contributed by atoms with E-state index in [1.54, 1.807) is 12.4 Å². The van der Waals surface area contributed by atoms with E-state index in [2.05, 4.69) is 27.1 Å². The van der Waals surface area contributed by atoms with Crippen LogP contribution in [0.15, 0.2) is 30.6 Å². The topological polar surface area (TPSA) is 78.0 Å². The average Bonchev–Trinajstić information content (AvgIpc) is 3.00. The number of carbonyl (C=O) groups is 1. The second-order valence-corrected chi connectivity index (χ2v) is 4.19. The van der Waals surface area contributed by atoms with Gasteiger partial charge in [-0.15, -0.1) is 0 Å². The van der Waals surface area contributed by atoms with Crippen molar-refractivity contribution in [1.29, 1.82) is 0 Å². The van der Waals surface area contributed by atoms with Gasteiger partial charge in [0, 0.05) is 24.4 Å². The van der Waals surface area contributed by atoms with E-state index >= 15 is 0 Å². The Morgan fingerprint density at radius 1 is 1.48 bits per heavy atom. The zero-order chi connectivity index (χ0) is 15.1. The van der Waals surface area contributed by atoms with E-state index in [1.807, 2.05) is 0 Å². The Hall–Kier alpha value is -2.65. The third-order valence-electron chi connectivity index (χ3n) is 2.65. The quantitative estimate of drug-likeness (QED) is 0.740. The number of aliphatic hydroxyl groups excluding tert-OH is 1. The highest BCUT2D eigenvalue weighted by Gasteiger charge is 2.12. The first-order chi connectivity index (χ1) is 10.2. The van der Waals surface area contributed by atoms with E-state index in [-0.39, 0.29) is 18.7 Å². The Bertz CT molecular complexity index is 672. The van der Waals surface area contributed by atoms with Gasteiger partial charge in [0.2, 0.25) is 0 Å². The van der Waals surface area contributed by atoms with Crippen LogP contribution in [-0.4, -0.2) is 27.6 Å². The van der Waals surface area contributed by atoms with Crippen LogP contribution in [0.25, 0.3) is 0 Å². The number of aromatic amines is 1. The molecular formula is C15H14FN3O2. The van der Waals surface area contributed by atoms with Crippen molar-refractivity contribution in [3.8, 4) is 11.8 Å². The number of hydrogen-bond donors (Lipinski definition) is 3. The molecule has 0 saturated carbocycles. The van der Waals surface area contributed by atoms with E-state index in [1.165, 1.54) is 18.2 Å². The van der Waals surface area contributed by atoms with Crippen molar-refractivity contribution in [3.05, 3.63) is 53.4 Å². The molecular weight excluding hydrogens is 273 g/mol. The number of amides is 1. The van der Waals surface area contributed by atoms with Gasteiger partial charge in [0.1, 0.15) is 11.6 Å². The number of imidazole rings is 1. The van der Waals surface area contributed by atoms with Gasteiger partial charge < -0.3 is 15.4 Å². The van der Waals surface area contributed by atoms with Crippen LogP contribution in [0.4, 0.5) is 4.39 Å². The second kappa shape index (κ2) is 7.22. The molecule has 108 valence electrons. The standard InChI is InChI=1S/C15H14FN3O2/c16-13-5-4-11(3-1-2-8-20)9-12(13)15(21)19-10-14-17-6-7-18-14/h4-7,9,20H,2,8,10H2,(H,17,18)(H,19,21). The smallest absolute Gasteiger partial charge is 0.254 e. The van der Waals surface area contributed by atoms with Crippen molar-refractivity contribution in [1.82, 2.24) is 15.3 Å². The lowest BCUT2D eigenvalue weighted by Crippen LogP contribution is -2.24. The molecule has 1 aromatic carbocycles. The molecule has 2 rings (SSSR count). The van der Waals surface area contributed by atoms with E-state index < -0.39 is 11.7 Å². The predicted molar refractivity (Wildman–Crippen MR) is 74.7 cm³/mol. The van der Waals surface area contributed by atoms with Gasteiger partial charge in [-0.1, -0.05) is 11.8 Å². The van der Waals surface area contributed by atoms with Crippen LogP contribution in [0.1, 0.15) is 28.2 Å². The molecule has 1 amide bonds. The van der Waals surface area contributed by atoms with Crippen molar-refractivity contribution >= 4 is 5.91 Å². The number of nitrogens with zero attached hydrogens (tertiary/aromatic N) is 1. The zero-order valence-corrected chi connectivity index (χ0v) is 11.2. The molecule has 0 fully saturated rings. The zero-order valence-electron chi connectivity index (χ0n) is 11.2. The SMILES string of the molecule is O=C(NCc1ncc[nH]1)c1cc(C#CCCO)ccc1F. The van der Waals surface area contributed by atoms with E-state index in [0.717, 1.165) is 0 Å². The number of benzene rings is 1. The van der Waals surface area contributed by atoms with Crippen LogP contribution in [-0.2, 0) is 6.54 Å². The van der Waals surface area contributed by atoms with Gasteiger partial charge in [-0.25, -0.2) is 9.37 Å². The lowest BCUT2D eigenvalue weighted by Gasteiger charge is -2.05. The molecule has 0 radical (unpaired) electrons. The molecule has 0 aliphatic heterocycles. The summed E-state index contributed by atoms with van der Waals surface area (Å²) in [6, 6.07) is 4.07. The normalized spacial score (nSPS) is 9.81. The molecule has 5 nitrogen and oxygen atoms in total. The summed E-state index contributed by atoms with van der Waals surface area (Å²) in [5, 5.41) is 11.2. The fourth-order valence-corrected chi connectivity index (χ4v) is 1.65. The highest BCUT2D eigenvalue weighted by atomic mass is 19.1. The van der Waals surface area contributed by atoms with Crippen LogP contribution in [0, 0.1) is 17.7 Å². The first-order valence-electron chi connectivity index (χ1n) is 6.36. The van der Waals surface area contributed by atoms with E-state index in [4.69, 9.17) is 5.11 Å². The molecule has 1 aromatic heterocycles. The largest absolute Gasteiger partial charge is 0.395 e.